The fourth-order valence-electron chi connectivity index (χ4n) is 2.73. The van der Waals surface area contributed by atoms with Crippen LogP contribution in [0.1, 0.15) is 44.3 Å². The fraction of sp³-hybridized carbons (Fsp3) is 0.692. The lowest BCUT2D eigenvalue weighted by Gasteiger charge is -2.35. The third-order valence-electron chi connectivity index (χ3n) is 3.89. The van der Waals surface area contributed by atoms with Gasteiger partial charge in [0.05, 0.1) is 6.54 Å². The Labute approximate surface area is 108 Å². The van der Waals surface area contributed by atoms with Crippen LogP contribution in [0.3, 0.4) is 0 Å². The maximum absolute atomic E-state index is 12.0. The molecule has 1 aliphatic rings. The molecule has 4 N–H and O–H groups in total. The summed E-state index contributed by atoms with van der Waals surface area (Å²) in [5.41, 5.74) is 5.91. The van der Waals surface area contributed by atoms with Crippen LogP contribution < -0.4 is 11.1 Å². The maximum atomic E-state index is 12.0. The van der Waals surface area contributed by atoms with E-state index in [4.69, 9.17) is 5.73 Å². The van der Waals surface area contributed by atoms with Gasteiger partial charge in [-0.3, -0.25) is 4.79 Å². The number of carbonyl (C=O) groups is 1. The number of nitrogens with one attached hydrogen (secondary N) is 2. The molecule has 0 aromatic carbocycles. The molecule has 0 atom stereocenters. The number of hydrogen-bond donors (Lipinski definition) is 3. The molecule has 1 fully saturated rings. The minimum absolute atomic E-state index is 0.0332. The van der Waals surface area contributed by atoms with Crippen molar-refractivity contribution in [2.75, 3.05) is 6.54 Å². The molecule has 0 spiro atoms. The molecule has 1 aromatic heterocycles. The number of imidazole rings is 1. The largest absolute Gasteiger partial charge is 0.349 e. The third-order valence-corrected chi connectivity index (χ3v) is 3.89. The molecule has 5 nitrogen and oxygen atoms in total. The molecule has 18 heavy (non-hydrogen) atoms. The Balaban J connectivity index is 1.81. The van der Waals surface area contributed by atoms with Gasteiger partial charge < -0.3 is 16.0 Å². The van der Waals surface area contributed by atoms with E-state index in [-0.39, 0.29) is 11.3 Å². The Morgan fingerprint density at radius 2 is 2.22 bits per heavy atom. The number of rotatable bonds is 5. The molecule has 1 amide bonds. The fourth-order valence-corrected chi connectivity index (χ4v) is 2.73. The minimum atomic E-state index is 0.0332. The summed E-state index contributed by atoms with van der Waals surface area (Å²) < 4.78 is 0. The van der Waals surface area contributed by atoms with Gasteiger partial charge in [0.25, 0.3) is 0 Å². The van der Waals surface area contributed by atoms with E-state index in [1.807, 2.05) is 0 Å². The molecule has 1 aromatic rings. The van der Waals surface area contributed by atoms with Crippen molar-refractivity contribution in [2.24, 2.45) is 11.1 Å². The van der Waals surface area contributed by atoms with Crippen molar-refractivity contribution >= 4 is 5.91 Å². The summed E-state index contributed by atoms with van der Waals surface area (Å²) in [6, 6.07) is 0. The average Bonchev–Trinajstić information content (AvgIpc) is 2.91. The molecule has 100 valence electrons. The Morgan fingerprint density at radius 1 is 1.44 bits per heavy atom. The molecule has 0 aliphatic heterocycles. The van der Waals surface area contributed by atoms with Gasteiger partial charge in [0.1, 0.15) is 5.82 Å². The van der Waals surface area contributed by atoms with Gasteiger partial charge in [-0.05, 0) is 24.8 Å². The van der Waals surface area contributed by atoms with Crippen LogP contribution in [0, 0.1) is 5.41 Å². The van der Waals surface area contributed by atoms with Crippen molar-refractivity contribution in [3.8, 4) is 0 Å². The van der Waals surface area contributed by atoms with Gasteiger partial charge in [0.2, 0.25) is 5.91 Å². The molecule has 0 saturated heterocycles. The van der Waals surface area contributed by atoms with Crippen LogP contribution in [0.15, 0.2) is 12.4 Å². The van der Waals surface area contributed by atoms with Crippen molar-refractivity contribution < 1.29 is 4.79 Å². The number of hydrogen-bond acceptors (Lipinski definition) is 3. The highest BCUT2D eigenvalue weighted by atomic mass is 16.1. The van der Waals surface area contributed by atoms with Crippen LogP contribution in [-0.2, 0) is 11.3 Å². The van der Waals surface area contributed by atoms with Crippen molar-refractivity contribution in [1.29, 1.82) is 0 Å². The van der Waals surface area contributed by atoms with Gasteiger partial charge in [0.15, 0.2) is 0 Å². The molecule has 0 bridgehead atoms. The first-order valence-corrected chi connectivity index (χ1v) is 6.69. The zero-order valence-electron chi connectivity index (χ0n) is 10.7. The summed E-state index contributed by atoms with van der Waals surface area (Å²) in [4.78, 5) is 19.0. The van der Waals surface area contributed by atoms with Crippen LogP contribution in [0.25, 0.3) is 0 Å². The van der Waals surface area contributed by atoms with Gasteiger partial charge in [-0.2, -0.15) is 0 Å². The highest BCUT2D eigenvalue weighted by Crippen LogP contribution is 2.38. The number of aromatic amines is 1. The Hall–Kier alpha value is -1.36. The van der Waals surface area contributed by atoms with Crippen molar-refractivity contribution in [1.82, 2.24) is 15.3 Å². The Kier molecular flexibility index (Phi) is 4.36. The molecule has 2 rings (SSSR count). The van der Waals surface area contributed by atoms with Gasteiger partial charge in [-0.1, -0.05) is 19.3 Å². The van der Waals surface area contributed by atoms with E-state index in [2.05, 4.69) is 15.3 Å². The highest BCUT2D eigenvalue weighted by molar-refractivity contribution is 5.76. The van der Waals surface area contributed by atoms with Crippen LogP contribution in [0.5, 0.6) is 0 Å². The predicted molar refractivity (Wildman–Crippen MR) is 69.6 cm³/mol. The van der Waals surface area contributed by atoms with Crippen molar-refractivity contribution in [2.45, 2.75) is 45.1 Å². The van der Waals surface area contributed by atoms with E-state index in [1.165, 1.54) is 19.3 Å². The van der Waals surface area contributed by atoms with Crippen molar-refractivity contribution in [3.05, 3.63) is 18.2 Å². The average molecular weight is 250 g/mol. The number of H-pyrrole nitrogens is 1. The summed E-state index contributed by atoms with van der Waals surface area (Å²) in [5.74, 6) is 0.868. The number of amides is 1. The van der Waals surface area contributed by atoms with Gasteiger partial charge in [0, 0.05) is 18.8 Å². The first-order chi connectivity index (χ1) is 8.74. The van der Waals surface area contributed by atoms with Gasteiger partial charge in [-0.15, -0.1) is 0 Å². The second-order valence-electron chi connectivity index (χ2n) is 5.25. The van der Waals surface area contributed by atoms with E-state index in [1.54, 1.807) is 12.4 Å². The second kappa shape index (κ2) is 6.00. The molecule has 1 aliphatic carbocycles. The number of nitrogens with two attached hydrogens (primary N) is 1. The Bertz CT molecular complexity index is 368. The smallest absolute Gasteiger partial charge is 0.220 e. The molecule has 0 radical (unpaired) electrons. The normalized spacial score (nSPS) is 18.5. The quantitative estimate of drug-likeness (QED) is 0.737. The second-order valence-corrected chi connectivity index (χ2v) is 5.25. The molecular weight excluding hydrogens is 228 g/mol. The van der Waals surface area contributed by atoms with Crippen molar-refractivity contribution in [3.63, 3.8) is 0 Å². The van der Waals surface area contributed by atoms with E-state index >= 15 is 0 Å². The van der Waals surface area contributed by atoms with Gasteiger partial charge in [-0.25, -0.2) is 4.98 Å². The summed E-state index contributed by atoms with van der Waals surface area (Å²) in [7, 11) is 0. The lowest BCUT2D eigenvalue weighted by atomic mass is 9.71. The molecule has 0 unspecified atom stereocenters. The number of aromatic nitrogens is 2. The standard InChI is InChI=1S/C13H22N4O/c14-10-13(4-2-1-3-5-13)8-12(18)17-9-11-15-6-7-16-11/h6-7H,1-5,8-10,14H2,(H,15,16)(H,17,18). The highest BCUT2D eigenvalue weighted by Gasteiger charge is 2.32. The third kappa shape index (κ3) is 3.32. The van der Waals surface area contributed by atoms with E-state index in [0.29, 0.717) is 19.5 Å². The van der Waals surface area contributed by atoms with Crippen LogP contribution in [-0.4, -0.2) is 22.4 Å². The topological polar surface area (TPSA) is 83.8 Å². The lowest BCUT2D eigenvalue weighted by Crippen LogP contribution is -2.38. The van der Waals surface area contributed by atoms with Crippen LogP contribution >= 0.6 is 0 Å². The summed E-state index contributed by atoms with van der Waals surface area (Å²) >= 11 is 0. The number of carbonyl (C=O) groups excluding carboxylic acids is 1. The first-order valence-electron chi connectivity index (χ1n) is 6.69. The molecule has 5 heteroatoms. The summed E-state index contributed by atoms with van der Waals surface area (Å²) in [6.45, 7) is 1.08. The first kappa shape index (κ1) is 13.1. The van der Waals surface area contributed by atoms with E-state index < -0.39 is 0 Å². The lowest BCUT2D eigenvalue weighted by molar-refractivity contribution is -0.124. The van der Waals surface area contributed by atoms with Crippen LogP contribution in [0.4, 0.5) is 0 Å². The zero-order valence-corrected chi connectivity index (χ0v) is 10.7. The molecular formula is C13H22N4O. The van der Waals surface area contributed by atoms with E-state index in [0.717, 1.165) is 18.7 Å². The predicted octanol–water partition coefficient (Wildman–Crippen LogP) is 1.33. The minimum Gasteiger partial charge on any atom is -0.349 e. The molecule has 1 saturated carbocycles. The Morgan fingerprint density at radius 3 is 2.83 bits per heavy atom. The summed E-state index contributed by atoms with van der Waals surface area (Å²) in [6.07, 6.45) is 9.81. The molecule has 1 heterocycles. The maximum Gasteiger partial charge on any atom is 0.220 e. The monoisotopic (exact) mass is 250 g/mol. The van der Waals surface area contributed by atoms with Gasteiger partial charge >= 0.3 is 0 Å². The summed E-state index contributed by atoms with van der Waals surface area (Å²) in [5, 5.41) is 2.90. The SMILES string of the molecule is NCC1(CC(=O)NCc2ncc[nH]2)CCCCC1. The zero-order chi connectivity index (χ0) is 12.8. The van der Waals surface area contributed by atoms with Crippen LogP contribution in [0.2, 0.25) is 0 Å². The van der Waals surface area contributed by atoms with E-state index in [9.17, 15) is 4.79 Å². The number of nitrogens with zero attached hydrogens (tertiary/aromatic N) is 1.